The zero-order valence-corrected chi connectivity index (χ0v) is 11.8. The van der Waals surface area contributed by atoms with Crippen molar-refractivity contribution in [1.82, 2.24) is 5.32 Å². The van der Waals surface area contributed by atoms with Gasteiger partial charge in [-0.25, -0.2) is 0 Å². The van der Waals surface area contributed by atoms with Crippen LogP contribution in [0.1, 0.15) is 37.7 Å². The molecule has 0 aromatic heterocycles. The third-order valence-electron chi connectivity index (χ3n) is 3.46. The van der Waals surface area contributed by atoms with Crippen LogP contribution in [0.15, 0.2) is 24.3 Å². The smallest absolute Gasteiger partial charge is 0.306 e. The lowest BCUT2D eigenvalue weighted by atomic mass is 10.0. The van der Waals surface area contributed by atoms with Crippen LogP contribution in [-0.2, 0) is 16.1 Å². The Kier molecular flexibility index (Phi) is 5.67. The maximum Gasteiger partial charge on any atom is 0.306 e. The lowest BCUT2D eigenvalue weighted by Gasteiger charge is -2.22. The van der Waals surface area contributed by atoms with Crippen molar-refractivity contribution in [2.24, 2.45) is 0 Å². The molecule has 1 aromatic rings. The molecule has 1 fully saturated rings. The molecule has 0 amide bonds. The Balaban J connectivity index is 1.68. The highest BCUT2D eigenvalue weighted by Crippen LogP contribution is 2.16. The first-order valence-electron chi connectivity index (χ1n) is 6.88. The molecule has 1 N–H and O–H groups in total. The maximum absolute atomic E-state index is 11.7. The van der Waals surface area contributed by atoms with Crippen molar-refractivity contribution in [3.8, 4) is 0 Å². The van der Waals surface area contributed by atoms with E-state index in [0.29, 0.717) is 17.5 Å². The van der Waals surface area contributed by atoms with E-state index in [0.717, 1.165) is 24.9 Å². The van der Waals surface area contributed by atoms with Gasteiger partial charge in [0, 0.05) is 23.0 Å². The lowest BCUT2D eigenvalue weighted by molar-refractivity contribution is -0.145. The Morgan fingerprint density at radius 2 is 2.21 bits per heavy atom. The Morgan fingerprint density at radius 1 is 1.37 bits per heavy atom. The zero-order chi connectivity index (χ0) is 13.5. The fraction of sp³-hybridized carbons (Fsp3) is 0.533. The van der Waals surface area contributed by atoms with Crippen LogP contribution in [0.3, 0.4) is 0 Å². The van der Waals surface area contributed by atoms with Crippen molar-refractivity contribution in [1.29, 1.82) is 0 Å². The molecule has 4 heteroatoms. The van der Waals surface area contributed by atoms with Crippen molar-refractivity contribution < 1.29 is 9.53 Å². The number of halogens is 1. The molecule has 1 aliphatic rings. The number of hydrogen-bond acceptors (Lipinski definition) is 3. The van der Waals surface area contributed by atoms with E-state index >= 15 is 0 Å². The minimum Gasteiger partial charge on any atom is -0.461 e. The van der Waals surface area contributed by atoms with Gasteiger partial charge in [0.1, 0.15) is 6.61 Å². The van der Waals surface area contributed by atoms with E-state index < -0.39 is 0 Å². The summed E-state index contributed by atoms with van der Waals surface area (Å²) < 4.78 is 5.25. The highest BCUT2D eigenvalue weighted by Gasteiger charge is 2.14. The van der Waals surface area contributed by atoms with Gasteiger partial charge in [0.25, 0.3) is 0 Å². The van der Waals surface area contributed by atoms with Gasteiger partial charge in [0.05, 0.1) is 0 Å². The topological polar surface area (TPSA) is 38.3 Å². The Bertz CT molecular complexity index is 416. The quantitative estimate of drug-likeness (QED) is 0.842. The molecule has 0 aliphatic carbocycles. The number of carbonyl (C=O) groups is 1. The molecule has 1 unspecified atom stereocenters. The van der Waals surface area contributed by atoms with Crippen LogP contribution in [-0.4, -0.2) is 18.6 Å². The molecule has 1 saturated heterocycles. The Hall–Kier alpha value is -1.06. The first-order valence-corrected chi connectivity index (χ1v) is 7.26. The normalized spacial score (nSPS) is 19.1. The molecule has 0 saturated carbocycles. The first kappa shape index (κ1) is 14.4. The molecule has 1 atom stereocenters. The molecular formula is C15H20ClNO2. The third-order valence-corrected chi connectivity index (χ3v) is 3.82. The van der Waals surface area contributed by atoms with E-state index in [1.165, 1.54) is 12.8 Å². The minimum atomic E-state index is -0.146. The van der Waals surface area contributed by atoms with Crippen LogP contribution in [0.4, 0.5) is 0 Å². The zero-order valence-electron chi connectivity index (χ0n) is 11.0. The molecule has 0 spiro atoms. The van der Waals surface area contributed by atoms with E-state index in [-0.39, 0.29) is 12.6 Å². The van der Waals surface area contributed by atoms with Crippen molar-refractivity contribution in [3.05, 3.63) is 34.9 Å². The molecule has 0 radical (unpaired) electrons. The summed E-state index contributed by atoms with van der Waals surface area (Å²) >= 11 is 6.01. The van der Waals surface area contributed by atoms with Crippen LogP contribution in [0, 0.1) is 0 Å². The molecule has 104 valence electrons. The largest absolute Gasteiger partial charge is 0.461 e. The number of carbonyl (C=O) groups excluding carboxylic acids is 1. The van der Waals surface area contributed by atoms with Gasteiger partial charge in [-0.05, 0) is 31.9 Å². The number of nitrogens with one attached hydrogen (secondary N) is 1. The van der Waals surface area contributed by atoms with Gasteiger partial charge in [-0.3, -0.25) is 4.79 Å². The van der Waals surface area contributed by atoms with Crippen LogP contribution in [0.2, 0.25) is 5.02 Å². The number of rotatable bonds is 5. The van der Waals surface area contributed by atoms with Gasteiger partial charge in [-0.2, -0.15) is 0 Å². The predicted molar refractivity (Wildman–Crippen MR) is 76.1 cm³/mol. The second-order valence-electron chi connectivity index (χ2n) is 4.94. The number of esters is 1. The summed E-state index contributed by atoms with van der Waals surface area (Å²) in [5.74, 6) is -0.146. The van der Waals surface area contributed by atoms with Crippen molar-refractivity contribution in [2.45, 2.75) is 44.8 Å². The predicted octanol–water partition coefficient (Wildman–Crippen LogP) is 3.31. The second-order valence-corrected chi connectivity index (χ2v) is 5.34. The number of piperidine rings is 1. The van der Waals surface area contributed by atoms with Gasteiger partial charge < -0.3 is 10.1 Å². The van der Waals surface area contributed by atoms with Crippen LogP contribution < -0.4 is 5.32 Å². The number of benzene rings is 1. The first-order chi connectivity index (χ1) is 9.25. The highest BCUT2D eigenvalue weighted by molar-refractivity contribution is 6.31. The standard InChI is InChI=1S/C15H20ClNO2/c16-14-7-2-1-5-12(14)11-19-15(18)9-8-13-6-3-4-10-17-13/h1-2,5,7,13,17H,3-4,6,8-11H2. The molecule has 3 nitrogen and oxygen atoms in total. The summed E-state index contributed by atoms with van der Waals surface area (Å²) in [7, 11) is 0. The van der Waals surface area contributed by atoms with Crippen molar-refractivity contribution in [3.63, 3.8) is 0 Å². The van der Waals surface area contributed by atoms with Gasteiger partial charge in [-0.1, -0.05) is 36.2 Å². The van der Waals surface area contributed by atoms with E-state index in [4.69, 9.17) is 16.3 Å². The number of hydrogen-bond donors (Lipinski definition) is 1. The second kappa shape index (κ2) is 7.51. The number of ether oxygens (including phenoxy) is 1. The highest BCUT2D eigenvalue weighted by atomic mass is 35.5. The van der Waals surface area contributed by atoms with Gasteiger partial charge in [0.2, 0.25) is 0 Å². The molecular weight excluding hydrogens is 262 g/mol. The van der Waals surface area contributed by atoms with Crippen molar-refractivity contribution >= 4 is 17.6 Å². The summed E-state index contributed by atoms with van der Waals surface area (Å²) in [4.78, 5) is 11.7. The summed E-state index contributed by atoms with van der Waals surface area (Å²) in [6.45, 7) is 1.33. The van der Waals surface area contributed by atoms with Crippen LogP contribution in [0.25, 0.3) is 0 Å². The summed E-state index contributed by atoms with van der Waals surface area (Å²) in [5.41, 5.74) is 0.855. The minimum absolute atomic E-state index is 0.146. The van der Waals surface area contributed by atoms with E-state index in [2.05, 4.69) is 5.32 Å². The van der Waals surface area contributed by atoms with E-state index in [1.807, 2.05) is 18.2 Å². The Labute approximate surface area is 119 Å². The average Bonchev–Trinajstić information content (AvgIpc) is 2.45. The average molecular weight is 282 g/mol. The maximum atomic E-state index is 11.7. The molecule has 2 rings (SSSR count). The van der Waals surface area contributed by atoms with Crippen LogP contribution in [0.5, 0.6) is 0 Å². The van der Waals surface area contributed by atoms with E-state index in [1.54, 1.807) is 6.07 Å². The van der Waals surface area contributed by atoms with Gasteiger partial charge in [0.15, 0.2) is 0 Å². The molecule has 19 heavy (non-hydrogen) atoms. The SMILES string of the molecule is O=C(CCC1CCCCN1)OCc1ccccc1Cl. The third kappa shape index (κ3) is 4.84. The van der Waals surface area contributed by atoms with Crippen molar-refractivity contribution in [2.75, 3.05) is 6.54 Å². The molecule has 1 aromatic carbocycles. The van der Waals surface area contributed by atoms with E-state index in [9.17, 15) is 4.79 Å². The fourth-order valence-electron chi connectivity index (χ4n) is 2.31. The van der Waals surface area contributed by atoms with Gasteiger partial charge in [-0.15, -0.1) is 0 Å². The summed E-state index contributed by atoms with van der Waals surface area (Å²) in [6.07, 6.45) is 5.00. The molecule has 0 bridgehead atoms. The fourth-order valence-corrected chi connectivity index (χ4v) is 2.50. The Morgan fingerprint density at radius 3 is 2.95 bits per heavy atom. The summed E-state index contributed by atoms with van der Waals surface area (Å²) in [6, 6.07) is 7.90. The summed E-state index contributed by atoms with van der Waals surface area (Å²) in [5, 5.41) is 4.07. The molecule has 1 heterocycles. The van der Waals surface area contributed by atoms with Crippen LogP contribution >= 0.6 is 11.6 Å². The van der Waals surface area contributed by atoms with Gasteiger partial charge >= 0.3 is 5.97 Å². The monoisotopic (exact) mass is 281 g/mol. The molecule has 1 aliphatic heterocycles. The lowest BCUT2D eigenvalue weighted by Crippen LogP contribution is -2.34.